The molecular formula is C14H14BrNO3. The number of hydrogen-bond acceptors (Lipinski definition) is 3. The van der Waals surface area contributed by atoms with Crippen LogP contribution >= 0.6 is 15.9 Å². The Labute approximate surface area is 118 Å². The molecule has 19 heavy (non-hydrogen) atoms. The lowest BCUT2D eigenvalue weighted by molar-refractivity contribution is -0.143. The van der Waals surface area contributed by atoms with Crippen LogP contribution in [0.2, 0.25) is 0 Å². The Morgan fingerprint density at radius 3 is 2.95 bits per heavy atom. The molecule has 1 heterocycles. The summed E-state index contributed by atoms with van der Waals surface area (Å²) in [7, 11) is 0. The van der Waals surface area contributed by atoms with E-state index in [4.69, 9.17) is 4.74 Å². The number of fused-ring (bicyclic) bond motifs is 1. The van der Waals surface area contributed by atoms with E-state index in [-0.39, 0.29) is 11.4 Å². The van der Waals surface area contributed by atoms with Gasteiger partial charge in [-0.25, -0.2) is 0 Å². The average molecular weight is 324 g/mol. The van der Waals surface area contributed by atoms with Gasteiger partial charge < -0.3 is 9.72 Å². The van der Waals surface area contributed by atoms with Crippen LogP contribution in [0.4, 0.5) is 0 Å². The molecule has 0 saturated carbocycles. The summed E-state index contributed by atoms with van der Waals surface area (Å²) in [5.41, 5.74) is 1.68. The van der Waals surface area contributed by atoms with Crippen molar-refractivity contribution < 1.29 is 9.53 Å². The molecule has 0 atom stereocenters. The number of carbonyl (C=O) groups is 1. The zero-order valence-corrected chi connectivity index (χ0v) is 12.1. The number of nitrogens with one attached hydrogen (secondary N) is 1. The average Bonchev–Trinajstić information content (AvgIpc) is 2.37. The lowest BCUT2D eigenvalue weighted by Crippen LogP contribution is -2.06. The summed E-state index contributed by atoms with van der Waals surface area (Å²) in [5, 5.41) is 0.629. The summed E-state index contributed by atoms with van der Waals surface area (Å²) >= 11 is 3.46. The van der Waals surface area contributed by atoms with Crippen LogP contribution in [0.25, 0.3) is 10.9 Å². The fourth-order valence-electron chi connectivity index (χ4n) is 1.90. The minimum Gasteiger partial charge on any atom is -0.466 e. The van der Waals surface area contributed by atoms with Gasteiger partial charge in [-0.1, -0.05) is 15.9 Å². The first kappa shape index (κ1) is 13.8. The van der Waals surface area contributed by atoms with E-state index in [0.717, 1.165) is 15.6 Å². The number of rotatable bonds is 4. The van der Waals surface area contributed by atoms with Gasteiger partial charge in [0, 0.05) is 28.5 Å². The van der Waals surface area contributed by atoms with Crippen molar-refractivity contribution in [1.29, 1.82) is 0 Å². The molecular weight excluding hydrogens is 310 g/mol. The molecule has 0 aliphatic rings. The number of esters is 1. The first-order chi connectivity index (χ1) is 9.11. The molecule has 0 unspecified atom stereocenters. The second kappa shape index (κ2) is 6.02. The third-order valence-electron chi connectivity index (χ3n) is 2.83. The van der Waals surface area contributed by atoms with Crippen molar-refractivity contribution in [2.75, 3.05) is 6.61 Å². The maximum atomic E-state index is 11.8. The highest BCUT2D eigenvalue weighted by atomic mass is 79.9. The van der Waals surface area contributed by atoms with Crippen molar-refractivity contribution in [3.63, 3.8) is 0 Å². The zero-order chi connectivity index (χ0) is 13.8. The van der Waals surface area contributed by atoms with Gasteiger partial charge in [0.15, 0.2) is 5.43 Å². The molecule has 1 N–H and O–H groups in total. The Balaban J connectivity index is 2.28. The number of aromatic nitrogens is 1. The first-order valence-corrected chi connectivity index (χ1v) is 6.86. The number of halogens is 1. The maximum Gasteiger partial charge on any atom is 0.306 e. The Morgan fingerprint density at radius 2 is 2.21 bits per heavy atom. The van der Waals surface area contributed by atoms with Gasteiger partial charge in [0.05, 0.1) is 12.1 Å². The normalized spacial score (nSPS) is 10.6. The number of H-pyrrole nitrogens is 1. The molecule has 1 aromatic heterocycles. The molecule has 0 radical (unpaired) electrons. The Hall–Kier alpha value is -1.62. The number of ether oxygens (including phenoxy) is 1. The summed E-state index contributed by atoms with van der Waals surface area (Å²) in [6.45, 7) is 2.17. The highest BCUT2D eigenvalue weighted by molar-refractivity contribution is 9.10. The molecule has 100 valence electrons. The van der Waals surface area contributed by atoms with Crippen LogP contribution < -0.4 is 5.43 Å². The van der Waals surface area contributed by atoms with Gasteiger partial charge in [-0.05, 0) is 31.0 Å². The monoisotopic (exact) mass is 323 g/mol. The lowest BCUT2D eigenvalue weighted by atomic mass is 10.1. The first-order valence-electron chi connectivity index (χ1n) is 6.07. The molecule has 0 aliphatic carbocycles. The molecule has 0 amide bonds. The van der Waals surface area contributed by atoms with Crippen molar-refractivity contribution in [3.05, 3.63) is 44.7 Å². The quantitative estimate of drug-likeness (QED) is 0.880. The van der Waals surface area contributed by atoms with E-state index in [9.17, 15) is 9.59 Å². The van der Waals surface area contributed by atoms with Crippen molar-refractivity contribution in [1.82, 2.24) is 4.98 Å². The van der Waals surface area contributed by atoms with Crippen molar-refractivity contribution in [2.45, 2.75) is 19.8 Å². The largest absolute Gasteiger partial charge is 0.466 e. The number of hydrogen-bond donors (Lipinski definition) is 1. The van der Waals surface area contributed by atoms with Crippen LogP contribution in [0, 0.1) is 0 Å². The molecule has 1 aromatic carbocycles. The molecule has 0 spiro atoms. The van der Waals surface area contributed by atoms with Gasteiger partial charge in [0.25, 0.3) is 0 Å². The van der Waals surface area contributed by atoms with Crippen LogP contribution in [0.3, 0.4) is 0 Å². The number of benzene rings is 1. The third-order valence-corrected chi connectivity index (χ3v) is 3.57. The van der Waals surface area contributed by atoms with Gasteiger partial charge in [-0.2, -0.15) is 0 Å². The smallest absolute Gasteiger partial charge is 0.306 e. The van der Waals surface area contributed by atoms with E-state index in [1.54, 1.807) is 13.1 Å². The highest BCUT2D eigenvalue weighted by Crippen LogP contribution is 2.22. The topological polar surface area (TPSA) is 59.2 Å². The second-order valence-electron chi connectivity index (χ2n) is 4.14. The second-order valence-corrected chi connectivity index (χ2v) is 4.99. The maximum absolute atomic E-state index is 11.8. The highest BCUT2D eigenvalue weighted by Gasteiger charge is 2.08. The molecule has 5 heteroatoms. The van der Waals surface area contributed by atoms with Crippen LogP contribution in [-0.4, -0.2) is 17.6 Å². The zero-order valence-electron chi connectivity index (χ0n) is 10.5. The van der Waals surface area contributed by atoms with Gasteiger partial charge in [0.2, 0.25) is 0 Å². The summed E-state index contributed by atoms with van der Waals surface area (Å²) in [6, 6.07) is 5.17. The van der Waals surface area contributed by atoms with Crippen LogP contribution in [0.15, 0.2) is 33.7 Å². The van der Waals surface area contributed by atoms with Gasteiger partial charge in [0.1, 0.15) is 0 Å². The van der Waals surface area contributed by atoms with Crippen LogP contribution in [0.1, 0.15) is 18.9 Å². The fourth-order valence-corrected chi connectivity index (χ4v) is 2.44. The van der Waals surface area contributed by atoms with Gasteiger partial charge >= 0.3 is 5.97 Å². The summed E-state index contributed by atoms with van der Waals surface area (Å²) in [4.78, 5) is 26.1. The molecule has 0 fully saturated rings. The van der Waals surface area contributed by atoms with E-state index >= 15 is 0 Å². The molecule has 0 bridgehead atoms. The SMILES string of the molecule is CCOC(=O)CCc1cc2c(=O)cc[nH]c2cc1Br. The Kier molecular flexibility index (Phi) is 4.37. The van der Waals surface area contributed by atoms with Gasteiger partial charge in [-0.3, -0.25) is 9.59 Å². The summed E-state index contributed by atoms with van der Waals surface area (Å²) in [6.07, 6.45) is 2.47. The number of aromatic amines is 1. The Morgan fingerprint density at radius 1 is 1.42 bits per heavy atom. The van der Waals surface area contributed by atoms with E-state index in [0.29, 0.717) is 24.8 Å². The Bertz CT molecular complexity index is 663. The molecule has 0 aliphatic heterocycles. The third kappa shape index (κ3) is 3.23. The predicted molar refractivity (Wildman–Crippen MR) is 77.2 cm³/mol. The van der Waals surface area contributed by atoms with E-state index in [1.807, 2.05) is 12.1 Å². The molecule has 2 aromatic rings. The summed E-state index contributed by atoms with van der Waals surface area (Å²) in [5.74, 6) is -0.225. The minimum absolute atomic E-state index is 0.0290. The molecule has 2 rings (SSSR count). The molecule has 0 saturated heterocycles. The number of carbonyl (C=O) groups excluding carboxylic acids is 1. The number of aryl methyl sites for hydroxylation is 1. The lowest BCUT2D eigenvalue weighted by Gasteiger charge is -2.06. The van der Waals surface area contributed by atoms with Crippen LogP contribution in [0.5, 0.6) is 0 Å². The van der Waals surface area contributed by atoms with Crippen LogP contribution in [-0.2, 0) is 16.0 Å². The standard InChI is InChI=1S/C14H14BrNO3/c1-2-19-14(18)4-3-9-7-10-12(8-11(9)15)16-6-5-13(10)17/h5-8H,2-4H2,1H3,(H,16,17). The fraction of sp³-hybridized carbons (Fsp3) is 0.286. The van der Waals surface area contributed by atoms with Crippen molar-refractivity contribution >= 4 is 32.8 Å². The van der Waals surface area contributed by atoms with Crippen molar-refractivity contribution in [2.24, 2.45) is 0 Å². The number of pyridine rings is 1. The van der Waals surface area contributed by atoms with Gasteiger partial charge in [-0.15, -0.1) is 0 Å². The summed E-state index contributed by atoms with van der Waals surface area (Å²) < 4.78 is 5.77. The predicted octanol–water partition coefficient (Wildman–Crippen LogP) is 2.79. The molecule has 4 nitrogen and oxygen atoms in total. The minimum atomic E-state index is -0.225. The van der Waals surface area contributed by atoms with E-state index < -0.39 is 0 Å². The van der Waals surface area contributed by atoms with Crippen molar-refractivity contribution in [3.8, 4) is 0 Å². The van der Waals surface area contributed by atoms with E-state index in [2.05, 4.69) is 20.9 Å². The van der Waals surface area contributed by atoms with E-state index in [1.165, 1.54) is 6.07 Å².